The molecule has 0 bridgehead atoms. The Morgan fingerprint density at radius 3 is 2.41 bits per heavy atom. The summed E-state index contributed by atoms with van der Waals surface area (Å²) in [5, 5.41) is 40.4. The SMILES string of the molecule is OC[C@H]1OC(c2ccc(Cl)c(Cc3ccc4c(c3)OCCO4)c2)[C@H](O)[C@@H](O)[C@@H]1O. The normalized spacial score (nSPS) is 28.9. The van der Waals surface area contributed by atoms with E-state index in [2.05, 4.69) is 0 Å². The van der Waals surface area contributed by atoms with E-state index in [0.29, 0.717) is 41.7 Å². The van der Waals surface area contributed by atoms with Crippen LogP contribution in [0, 0.1) is 0 Å². The van der Waals surface area contributed by atoms with E-state index >= 15 is 0 Å². The van der Waals surface area contributed by atoms with Gasteiger partial charge in [0.15, 0.2) is 11.5 Å². The van der Waals surface area contributed by atoms with E-state index in [1.807, 2.05) is 18.2 Å². The Kier molecular flexibility index (Phi) is 5.96. The van der Waals surface area contributed by atoms with Gasteiger partial charge in [0, 0.05) is 5.02 Å². The Balaban J connectivity index is 1.59. The van der Waals surface area contributed by atoms with Gasteiger partial charge in [0.25, 0.3) is 0 Å². The fraction of sp³-hybridized carbons (Fsp3) is 0.429. The van der Waals surface area contributed by atoms with Crippen molar-refractivity contribution in [3.63, 3.8) is 0 Å². The molecule has 0 aromatic heterocycles. The van der Waals surface area contributed by atoms with Crippen molar-refractivity contribution in [3.8, 4) is 11.5 Å². The molecule has 1 unspecified atom stereocenters. The van der Waals surface area contributed by atoms with E-state index in [-0.39, 0.29) is 0 Å². The number of ether oxygens (including phenoxy) is 3. The summed E-state index contributed by atoms with van der Waals surface area (Å²) in [7, 11) is 0. The van der Waals surface area contributed by atoms with Crippen molar-refractivity contribution >= 4 is 11.6 Å². The number of halogens is 1. The van der Waals surface area contributed by atoms with Crippen LogP contribution in [0.25, 0.3) is 0 Å². The molecule has 0 saturated carbocycles. The molecule has 0 radical (unpaired) electrons. The lowest BCUT2D eigenvalue weighted by atomic mass is 9.90. The van der Waals surface area contributed by atoms with Crippen LogP contribution >= 0.6 is 11.6 Å². The first-order valence-corrected chi connectivity index (χ1v) is 9.83. The molecule has 4 N–H and O–H groups in total. The van der Waals surface area contributed by atoms with Gasteiger partial charge in [0.05, 0.1) is 6.61 Å². The van der Waals surface area contributed by atoms with E-state index in [9.17, 15) is 20.4 Å². The Bertz CT molecular complexity index is 872. The first kappa shape index (κ1) is 20.4. The third kappa shape index (κ3) is 4.07. The van der Waals surface area contributed by atoms with E-state index in [0.717, 1.165) is 11.1 Å². The van der Waals surface area contributed by atoms with Crippen molar-refractivity contribution in [2.45, 2.75) is 36.9 Å². The van der Waals surface area contributed by atoms with Gasteiger partial charge in [-0.1, -0.05) is 29.8 Å². The van der Waals surface area contributed by atoms with Gasteiger partial charge in [0.2, 0.25) is 0 Å². The number of aliphatic hydroxyl groups excluding tert-OH is 4. The second-order valence-electron chi connectivity index (χ2n) is 7.26. The average molecular weight is 423 g/mol. The molecule has 0 amide bonds. The summed E-state index contributed by atoms with van der Waals surface area (Å²) in [6.45, 7) is 0.558. The molecule has 0 aliphatic carbocycles. The van der Waals surface area contributed by atoms with E-state index in [1.165, 1.54) is 0 Å². The van der Waals surface area contributed by atoms with Crippen LogP contribution in [0.4, 0.5) is 0 Å². The van der Waals surface area contributed by atoms with Gasteiger partial charge in [-0.25, -0.2) is 0 Å². The van der Waals surface area contributed by atoms with E-state index < -0.39 is 37.1 Å². The quantitative estimate of drug-likeness (QED) is 0.586. The van der Waals surface area contributed by atoms with Crippen molar-refractivity contribution in [1.29, 1.82) is 0 Å². The van der Waals surface area contributed by atoms with Gasteiger partial charge in [-0.05, 0) is 41.3 Å². The van der Waals surface area contributed by atoms with Crippen molar-refractivity contribution < 1.29 is 34.6 Å². The van der Waals surface area contributed by atoms with E-state index in [1.54, 1.807) is 18.2 Å². The number of hydrogen-bond acceptors (Lipinski definition) is 7. The number of benzene rings is 2. The minimum Gasteiger partial charge on any atom is -0.486 e. The van der Waals surface area contributed by atoms with Crippen molar-refractivity contribution in [2.75, 3.05) is 19.8 Å². The molecular weight excluding hydrogens is 400 g/mol. The Morgan fingerprint density at radius 1 is 0.897 bits per heavy atom. The third-order valence-corrected chi connectivity index (χ3v) is 5.66. The van der Waals surface area contributed by atoms with Crippen LogP contribution in [-0.2, 0) is 11.2 Å². The molecule has 2 aromatic carbocycles. The zero-order valence-corrected chi connectivity index (χ0v) is 16.3. The second-order valence-corrected chi connectivity index (χ2v) is 7.66. The lowest BCUT2D eigenvalue weighted by Gasteiger charge is -2.40. The molecule has 1 saturated heterocycles. The van der Waals surface area contributed by atoms with Crippen LogP contribution < -0.4 is 9.47 Å². The molecule has 2 aliphatic rings. The molecule has 4 rings (SSSR count). The van der Waals surface area contributed by atoms with Gasteiger partial charge < -0.3 is 34.6 Å². The van der Waals surface area contributed by atoms with Crippen LogP contribution in [0.2, 0.25) is 5.02 Å². The minimum absolute atomic E-state index is 0.473. The van der Waals surface area contributed by atoms with Crippen LogP contribution in [0.1, 0.15) is 22.8 Å². The highest BCUT2D eigenvalue weighted by Crippen LogP contribution is 2.35. The number of hydrogen-bond donors (Lipinski definition) is 4. The molecule has 1 fully saturated rings. The van der Waals surface area contributed by atoms with Gasteiger partial charge in [-0.2, -0.15) is 0 Å². The fourth-order valence-electron chi connectivity index (χ4n) is 3.70. The maximum atomic E-state index is 10.4. The summed E-state index contributed by atoms with van der Waals surface area (Å²) in [5.41, 5.74) is 2.37. The van der Waals surface area contributed by atoms with Crippen molar-refractivity contribution in [1.82, 2.24) is 0 Å². The molecule has 2 heterocycles. The summed E-state index contributed by atoms with van der Waals surface area (Å²) >= 11 is 6.38. The first-order valence-electron chi connectivity index (χ1n) is 9.45. The van der Waals surface area contributed by atoms with Crippen molar-refractivity contribution in [2.24, 2.45) is 0 Å². The minimum atomic E-state index is -1.43. The largest absolute Gasteiger partial charge is 0.486 e. The standard InChI is InChI=1S/C21H23ClO7/c22-14-3-2-12(21-20(26)19(25)18(24)17(10-23)29-21)9-13(14)7-11-1-4-15-16(8-11)28-6-5-27-15/h1-4,8-9,17-21,23-26H,5-7,10H2/t17-,18-,19+,20-,21?/m1/s1. The highest BCUT2D eigenvalue weighted by molar-refractivity contribution is 6.31. The van der Waals surface area contributed by atoms with Crippen LogP contribution in [0.15, 0.2) is 36.4 Å². The molecule has 29 heavy (non-hydrogen) atoms. The van der Waals surface area contributed by atoms with E-state index in [4.69, 9.17) is 25.8 Å². The Labute approximate surface area is 173 Å². The maximum absolute atomic E-state index is 10.4. The number of fused-ring (bicyclic) bond motifs is 1. The zero-order chi connectivity index (χ0) is 20.5. The Hall–Kier alpha value is -1.87. The summed E-state index contributed by atoms with van der Waals surface area (Å²) in [4.78, 5) is 0. The second kappa shape index (κ2) is 8.47. The van der Waals surface area contributed by atoms with Gasteiger partial charge in [-0.3, -0.25) is 0 Å². The van der Waals surface area contributed by atoms with Crippen LogP contribution in [0.5, 0.6) is 11.5 Å². The predicted molar refractivity (Wildman–Crippen MR) is 104 cm³/mol. The van der Waals surface area contributed by atoms with Crippen LogP contribution in [-0.4, -0.2) is 64.7 Å². The van der Waals surface area contributed by atoms with Crippen LogP contribution in [0.3, 0.4) is 0 Å². The summed E-state index contributed by atoms with van der Waals surface area (Å²) in [5.74, 6) is 1.40. The highest BCUT2D eigenvalue weighted by atomic mass is 35.5. The molecule has 156 valence electrons. The molecule has 5 atom stereocenters. The summed E-state index contributed by atoms with van der Waals surface area (Å²) < 4.78 is 16.8. The van der Waals surface area contributed by atoms with Crippen molar-refractivity contribution in [3.05, 3.63) is 58.1 Å². The zero-order valence-electron chi connectivity index (χ0n) is 15.6. The molecule has 2 aromatic rings. The number of aliphatic hydroxyl groups is 4. The Morgan fingerprint density at radius 2 is 1.66 bits per heavy atom. The lowest BCUT2D eigenvalue weighted by Crippen LogP contribution is -2.55. The smallest absolute Gasteiger partial charge is 0.161 e. The maximum Gasteiger partial charge on any atom is 0.161 e. The van der Waals surface area contributed by atoms with Gasteiger partial charge >= 0.3 is 0 Å². The van der Waals surface area contributed by atoms with Gasteiger partial charge in [0.1, 0.15) is 43.7 Å². The topological polar surface area (TPSA) is 109 Å². The monoisotopic (exact) mass is 422 g/mol. The molecule has 0 spiro atoms. The first-order chi connectivity index (χ1) is 14.0. The molecule has 7 nitrogen and oxygen atoms in total. The molecule has 2 aliphatic heterocycles. The number of rotatable bonds is 4. The lowest BCUT2D eigenvalue weighted by molar-refractivity contribution is -0.231. The molecule has 8 heteroatoms. The summed E-state index contributed by atoms with van der Waals surface area (Å²) in [6.07, 6.45) is -5.51. The summed E-state index contributed by atoms with van der Waals surface area (Å²) in [6, 6.07) is 10.9. The predicted octanol–water partition coefficient (Wildman–Crippen LogP) is 1.22. The third-order valence-electron chi connectivity index (χ3n) is 5.29. The average Bonchev–Trinajstić information content (AvgIpc) is 2.74. The fourth-order valence-corrected chi connectivity index (χ4v) is 3.89. The molecular formula is C21H23ClO7. The highest BCUT2D eigenvalue weighted by Gasteiger charge is 2.44. The van der Waals surface area contributed by atoms with Gasteiger partial charge in [-0.15, -0.1) is 0 Å².